The van der Waals surface area contributed by atoms with Gasteiger partial charge in [0.1, 0.15) is 5.75 Å². The van der Waals surface area contributed by atoms with E-state index < -0.39 is 5.41 Å². The maximum Gasteiger partial charge on any atom is 0.317 e. The molecule has 1 aromatic rings. The van der Waals surface area contributed by atoms with Crippen LogP contribution in [-0.2, 0) is 11.3 Å². The molecule has 1 aliphatic heterocycles. The number of likely N-dealkylation sites (tertiary alicyclic amines) is 1. The van der Waals surface area contributed by atoms with Gasteiger partial charge in [0.15, 0.2) is 0 Å². The fourth-order valence-corrected chi connectivity index (χ4v) is 4.23. The fourth-order valence-electron chi connectivity index (χ4n) is 4.23. The predicted octanol–water partition coefficient (Wildman–Crippen LogP) is 2.19. The van der Waals surface area contributed by atoms with E-state index in [1.807, 2.05) is 32.0 Å². The van der Waals surface area contributed by atoms with Crippen LogP contribution in [0.25, 0.3) is 0 Å². The van der Waals surface area contributed by atoms with E-state index in [9.17, 15) is 9.59 Å². The molecule has 136 valence electrons. The van der Waals surface area contributed by atoms with Gasteiger partial charge in [-0.25, -0.2) is 4.79 Å². The number of rotatable bonds is 5. The van der Waals surface area contributed by atoms with E-state index in [2.05, 4.69) is 5.32 Å². The molecule has 0 spiro atoms. The molecule has 3 N–H and O–H groups in total. The van der Waals surface area contributed by atoms with Crippen molar-refractivity contribution in [1.82, 2.24) is 10.2 Å². The van der Waals surface area contributed by atoms with E-state index in [1.165, 1.54) is 0 Å². The number of benzene rings is 1. The van der Waals surface area contributed by atoms with Crippen LogP contribution >= 0.6 is 0 Å². The smallest absolute Gasteiger partial charge is 0.317 e. The second-order valence-electron chi connectivity index (χ2n) is 7.19. The highest BCUT2D eigenvalue weighted by molar-refractivity contribution is 5.84. The number of hydrogen-bond acceptors (Lipinski definition) is 3. The molecule has 1 saturated carbocycles. The molecule has 1 aromatic carbocycles. The van der Waals surface area contributed by atoms with E-state index in [1.54, 1.807) is 4.90 Å². The molecule has 2 aliphatic rings. The highest BCUT2D eigenvalue weighted by Gasteiger charge is 2.54. The number of amides is 3. The van der Waals surface area contributed by atoms with Gasteiger partial charge in [-0.05, 0) is 44.2 Å². The second-order valence-corrected chi connectivity index (χ2v) is 7.19. The molecule has 6 heteroatoms. The Morgan fingerprint density at radius 1 is 1.44 bits per heavy atom. The summed E-state index contributed by atoms with van der Waals surface area (Å²) in [5, 5.41) is 2.96. The lowest BCUT2D eigenvalue weighted by Crippen LogP contribution is -2.43. The van der Waals surface area contributed by atoms with E-state index in [-0.39, 0.29) is 17.9 Å². The van der Waals surface area contributed by atoms with Crippen LogP contribution in [0.3, 0.4) is 0 Å². The zero-order valence-corrected chi connectivity index (χ0v) is 15.0. The van der Waals surface area contributed by atoms with Crippen molar-refractivity contribution in [2.75, 3.05) is 19.7 Å². The number of primary amides is 1. The van der Waals surface area contributed by atoms with Gasteiger partial charge in [0.2, 0.25) is 5.91 Å². The summed E-state index contributed by atoms with van der Waals surface area (Å²) in [5.41, 5.74) is 7.21. The van der Waals surface area contributed by atoms with Crippen LogP contribution < -0.4 is 15.8 Å². The summed E-state index contributed by atoms with van der Waals surface area (Å²) >= 11 is 0. The first-order valence-electron chi connectivity index (χ1n) is 9.01. The normalized spacial score (nSPS) is 24.9. The first-order chi connectivity index (χ1) is 12.0. The number of aryl methyl sites for hydroxylation is 1. The van der Waals surface area contributed by atoms with Crippen molar-refractivity contribution in [2.24, 2.45) is 17.1 Å². The number of nitrogens with one attached hydrogen (secondary N) is 1. The van der Waals surface area contributed by atoms with Gasteiger partial charge in [-0.15, -0.1) is 0 Å². The van der Waals surface area contributed by atoms with E-state index in [0.29, 0.717) is 26.2 Å². The molecule has 3 amide bonds. The first-order valence-corrected chi connectivity index (χ1v) is 9.01. The summed E-state index contributed by atoms with van der Waals surface area (Å²) in [6.07, 6.45) is 2.78. The van der Waals surface area contributed by atoms with Crippen LogP contribution in [0.1, 0.15) is 37.3 Å². The Hall–Kier alpha value is -2.24. The Labute approximate surface area is 148 Å². The largest absolute Gasteiger partial charge is 0.494 e. The highest BCUT2D eigenvalue weighted by Crippen LogP contribution is 2.48. The average Bonchev–Trinajstić information content (AvgIpc) is 3.12. The van der Waals surface area contributed by atoms with E-state index in [4.69, 9.17) is 10.5 Å². The van der Waals surface area contributed by atoms with Gasteiger partial charge in [0.05, 0.1) is 12.0 Å². The summed E-state index contributed by atoms with van der Waals surface area (Å²) in [7, 11) is 0. The fraction of sp³-hybridized carbons (Fsp3) is 0.579. The van der Waals surface area contributed by atoms with E-state index in [0.717, 1.165) is 36.1 Å². The lowest BCUT2D eigenvalue weighted by Gasteiger charge is -2.24. The molecule has 2 fully saturated rings. The molecule has 0 aromatic heterocycles. The molecule has 1 heterocycles. The van der Waals surface area contributed by atoms with Crippen LogP contribution in [0.4, 0.5) is 4.79 Å². The first kappa shape index (κ1) is 17.6. The third-order valence-corrected chi connectivity index (χ3v) is 5.60. The van der Waals surface area contributed by atoms with Crippen LogP contribution in [0.5, 0.6) is 5.75 Å². The maximum atomic E-state index is 12.6. The van der Waals surface area contributed by atoms with Gasteiger partial charge < -0.3 is 20.7 Å². The zero-order valence-electron chi connectivity index (χ0n) is 15.0. The van der Waals surface area contributed by atoms with Crippen molar-refractivity contribution < 1.29 is 14.3 Å². The molecule has 25 heavy (non-hydrogen) atoms. The maximum absolute atomic E-state index is 12.6. The van der Waals surface area contributed by atoms with Crippen molar-refractivity contribution in [3.63, 3.8) is 0 Å². The summed E-state index contributed by atoms with van der Waals surface area (Å²) in [6.45, 7) is 5.98. The minimum Gasteiger partial charge on any atom is -0.494 e. The molecule has 2 atom stereocenters. The summed E-state index contributed by atoms with van der Waals surface area (Å²) in [5.74, 6) is 0.742. The average molecular weight is 345 g/mol. The number of hydrogen-bond donors (Lipinski definition) is 2. The molecule has 1 aliphatic carbocycles. The number of nitrogens with two attached hydrogens (primary N) is 1. The minimum atomic E-state index is -0.516. The van der Waals surface area contributed by atoms with Gasteiger partial charge in [-0.2, -0.15) is 0 Å². The van der Waals surface area contributed by atoms with Crippen LogP contribution in [0.2, 0.25) is 0 Å². The number of urea groups is 1. The molecular weight excluding hydrogens is 318 g/mol. The number of carbonyl (C=O) groups excluding carboxylic acids is 2. The molecule has 0 bridgehead atoms. The molecular formula is C19H27N3O3. The Morgan fingerprint density at radius 2 is 2.24 bits per heavy atom. The van der Waals surface area contributed by atoms with Crippen LogP contribution in [0.15, 0.2) is 18.2 Å². The Kier molecular flexibility index (Phi) is 4.88. The predicted molar refractivity (Wildman–Crippen MR) is 95.1 cm³/mol. The van der Waals surface area contributed by atoms with Crippen molar-refractivity contribution in [3.8, 4) is 5.75 Å². The third kappa shape index (κ3) is 3.30. The molecule has 0 radical (unpaired) electrons. The number of ether oxygens (including phenoxy) is 1. The summed E-state index contributed by atoms with van der Waals surface area (Å²) in [6, 6.07) is 5.82. The molecule has 3 rings (SSSR count). The van der Waals surface area contributed by atoms with Gasteiger partial charge in [-0.1, -0.05) is 18.6 Å². The number of nitrogens with zero attached hydrogens (tertiary/aromatic N) is 1. The number of carbonyl (C=O) groups is 2. The quantitative estimate of drug-likeness (QED) is 0.858. The lowest BCUT2D eigenvalue weighted by atomic mass is 9.80. The lowest BCUT2D eigenvalue weighted by molar-refractivity contribution is -0.128. The third-order valence-electron chi connectivity index (χ3n) is 5.60. The van der Waals surface area contributed by atoms with Crippen molar-refractivity contribution in [2.45, 2.75) is 39.7 Å². The topological polar surface area (TPSA) is 84.7 Å². The van der Waals surface area contributed by atoms with Crippen molar-refractivity contribution in [3.05, 3.63) is 29.3 Å². The SMILES string of the molecule is CCOc1cc(C)ccc1CNC(=O)N1C[C@@H]2CCC[C@]2(C(N)=O)C1. The Balaban J connectivity index is 1.64. The summed E-state index contributed by atoms with van der Waals surface area (Å²) in [4.78, 5) is 26.3. The number of fused-ring (bicyclic) bond motifs is 1. The van der Waals surface area contributed by atoms with E-state index >= 15 is 0 Å². The Bertz CT molecular complexity index is 676. The minimum absolute atomic E-state index is 0.141. The summed E-state index contributed by atoms with van der Waals surface area (Å²) < 4.78 is 5.66. The van der Waals surface area contributed by atoms with Gasteiger partial charge in [-0.3, -0.25) is 4.79 Å². The molecule has 0 unspecified atom stereocenters. The monoisotopic (exact) mass is 345 g/mol. The molecule has 1 saturated heterocycles. The van der Waals surface area contributed by atoms with Gasteiger partial charge in [0.25, 0.3) is 0 Å². The van der Waals surface area contributed by atoms with Gasteiger partial charge >= 0.3 is 6.03 Å². The zero-order chi connectivity index (χ0) is 18.0. The second kappa shape index (κ2) is 6.94. The van der Waals surface area contributed by atoms with Crippen molar-refractivity contribution in [1.29, 1.82) is 0 Å². The highest BCUT2D eigenvalue weighted by atomic mass is 16.5. The standard InChI is InChI=1S/C19H27N3O3/c1-3-25-16-9-13(2)6-7-14(16)10-21-18(24)22-11-15-5-4-8-19(15,12-22)17(20)23/h6-7,9,15H,3-5,8,10-12H2,1-2H3,(H2,20,23)(H,21,24)/t15-,19-/m0/s1. The Morgan fingerprint density at radius 3 is 2.92 bits per heavy atom. The van der Waals surface area contributed by atoms with Gasteiger partial charge in [0, 0.05) is 25.2 Å². The van der Waals surface area contributed by atoms with Crippen molar-refractivity contribution >= 4 is 11.9 Å². The van der Waals surface area contributed by atoms with Crippen LogP contribution in [-0.4, -0.2) is 36.5 Å². The molecule has 6 nitrogen and oxygen atoms in total. The van der Waals surface area contributed by atoms with Crippen LogP contribution in [0, 0.1) is 18.3 Å².